The van der Waals surface area contributed by atoms with Crippen LogP contribution in [0.1, 0.15) is 339 Å². The zero-order valence-corrected chi connectivity index (χ0v) is 68.6. The number of aryl methyl sites for hydroxylation is 5. The molecule has 0 amide bonds. The van der Waals surface area contributed by atoms with E-state index in [1.807, 2.05) is 4.98 Å². The zero-order chi connectivity index (χ0) is 78.3. The van der Waals surface area contributed by atoms with Gasteiger partial charge in [0.1, 0.15) is 74.0 Å². The van der Waals surface area contributed by atoms with Gasteiger partial charge in [0.05, 0.1) is 29.6 Å². The molecule has 6 aromatic carbocycles. The molecular formula is C99H135N10+5. The molecule has 0 spiro atoms. The summed E-state index contributed by atoms with van der Waals surface area (Å²) < 4.78 is 38.0. The lowest BCUT2D eigenvalue weighted by Crippen LogP contribution is -2.38. The Morgan fingerprint density at radius 2 is 0.495 bits per heavy atom. The van der Waals surface area contributed by atoms with Crippen molar-refractivity contribution in [3.05, 3.63) is 260 Å². The summed E-state index contributed by atoms with van der Waals surface area (Å²) in [5, 5.41) is 0. The number of para-hydroxylation sites is 5. The zero-order valence-electron chi connectivity index (χ0n) is 71.6. The summed E-state index contributed by atoms with van der Waals surface area (Å²) in [5.41, 5.74) is 26.8. The summed E-state index contributed by atoms with van der Waals surface area (Å²) in [7, 11) is 0. The average molecular weight is 1470 g/mol. The Labute approximate surface area is 661 Å². The Morgan fingerprint density at radius 3 is 0.844 bits per heavy atom. The smallest absolute Gasteiger partial charge is 0.244 e. The number of aromatic nitrogens is 10. The molecule has 10 nitrogen and oxygen atoms in total. The van der Waals surface area contributed by atoms with Gasteiger partial charge in [-0.2, -0.15) is 22.8 Å². The maximum atomic E-state index is 9.03. The molecule has 576 valence electrons. The molecule has 5 heterocycles. The number of nitrogens with one attached hydrogen (secondary N) is 5. The number of rotatable bonds is 13. The maximum Gasteiger partial charge on any atom is 0.312 e. The fourth-order valence-electron chi connectivity index (χ4n) is 20.2. The summed E-state index contributed by atoms with van der Waals surface area (Å²) in [5.74, 6) is 10.6. The van der Waals surface area contributed by atoms with Crippen LogP contribution in [0.25, 0.3) is 39.7 Å². The Kier molecular flexibility index (Phi) is 23.9. The fraction of sp³-hybridized carbons (Fsp3) is 0.485. The molecule has 0 radical (unpaired) electrons. The van der Waals surface area contributed by atoms with Crippen LogP contribution in [0.15, 0.2) is 152 Å². The van der Waals surface area contributed by atoms with Crippen molar-refractivity contribution in [2.45, 2.75) is 311 Å². The van der Waals surface area contributed by atoms with Crippen LogP contribution in [-0.4, -0.2) is 24.9 Å². The van der Waals surface area contributed by atoms with Gasteiger partial charge in [-0.25, -0.2) is 24.9 Å². The number of benzene rings is 6. The minimum atomic E-state index is 0. The molecule has 18 rings (SSSR count). The molecular weight excluding hydrogens is 1330 g/mol. The number of H-pyrrole nitrogens is 5. The highest BCUT2D eigenvalue weighted by atomic mass is 15.1. The Bertz CT molecular complexity index is 4890. The maximum absolute atomic E-state index is 9.03. The van der Waals surface area contributed by atoms with E-state index in [1.54, 1.807) is 9.95 Å². The second-order valence-electron chi connectivity index (χ2n) is 33.9. The van der Waals surface area contributed by atoms with Crippen molar-refractivity contribution in [3.63, 3.8) is 0 Å². The lowest BCUT2D eigenvalue weighted by atomic mass is 9.86. The van der Waals surface area contributed by atoms with Gasteiger partial charge in [0.15, 0.2) is 11.4 Å². The van der Waals surface area contributed by atoms with E-state index < -0.39 is 0 Å². The Hall–Kier alpha value is -8.63. The highest BCUT2D eigenvalue weighted by Crippen LogP contribution is 2.42. The monoisotopic (exact) mass is 1470 g/mol. The molecule has 11 aromatic rings. The third-order valence-electron chi connectivity index (χ3n) is 26.6. The summed E-state index contributed by atoms with van der Waals surface area (Å²) in [6, 6.07) is 53.9. The van der Waals surface area contributed by atoms with Crippen molar-refractivity contribution in [1.82, 2.24) is 24.9 Å². The molecule has 0 saturated heterocycles. The van der Waals surface area contributed by atoms with E-state index in [1.165, 1.54) is 311 Å². The molecule has 5 N–H and O–H groups in total. The molecule has 7 saturated carbocycles. The highest BCUT2D eigenvalue weighted by Gasteiger charge is 2.40. The SMILES string of the molecule is Cc1ccccc1-[n+]1c(C2CCCC2)[nH]c(-c2ccccc2)c1C.Cc1ccccc1-[n+]1c(C2CCCC2)[nH]c(C2CCCC2)c1C.[2HH].[2HH].[2H]n1c(C)c(C)[n+](-c2ccccc2C)c1C1CCCC1.[2H]n1c(C)c(C)[n+](-c2ccccc2C)c1C1CCCC1.[2H]n1c(C2CCCCC2)c(C)[n+](-c2ccccc2C)c1C1CCCC1. The van der Waals surface area contributed by atoms with Crippen LogP contribution in [0.3, 0.4) is 0 Å². The van der Waals surface area contributed by atoms with Crippen LogP contribution in [-0.2, 0) is 0 Å². The Morgan fingerprint density at radius 1 is 0.248 bits per heavy atom. The number of aromatic amines is 5. The minimum absolute atomic E-state index is 0. The largest absolute Gasteiger partial charge is 0.312 e. The van der Waals surface area contributed by atoms with Gasteiger partial charge in [-0.3, -0.25) is 0 Å². The lowest BCUT2D eigenvalue weighted by Gasteiger charge is -2.18. The number of nitrogens with zero attached hydrogens (tertiary/aromatic N) is 5. The van der Waals surface area contributed by atoms with Crippen LogP contribution >= 0.6 is 0 Å². The summed E-state index contributed by atoms with van der Waals surface area (Å²) in [4.78, 5) is 12.9. The van der Waals surface area contributed by atoms with Gasteiger partial charge in [-0.1, -0.05) is 218 Å². The topological polar surface area (TPSA) is 98.3 Å². The first-order valence-electron chi connectivity index (χ1n) is 44.3. The van der Waals surface area contributed by atoms with E-state index in [0.29, 0.717) is 35.5 Å². The van der Waals surface area contributed by atoms with Crippen molar-refractivity contribution in [2.24, 2.45) is 0 Å². The summed E-state index contributed by atoms with van der Waals surface area (Å²) in [6.07, 6.45) is 37.9. The standard InChI is InChI=1S/C22H30N2.C22H24N2.C21H28N2.2C17H22N2.2H2/c2*1-16-10-6-9-15-20(16)24-17(2)21(18-11-4-3-5-12-18)23-22(24)19-13-7-8-14-19;1-15-9-3-8-14-19(15)23-16(2)20(17-10-4-5-11-17)22-21(23)18-12-6-7-13-18;2*1-12-8-4-7-11-16(12)19-14(3)13(2)18-17(19)15-9-5-6-10-15;;/h6,9-10,15,18-19H,3-5,7-8,11-14H2,1-2H3;3-6,9-12,15,19H,7-8,13-14H2,1-2H3;3,8-9,14,17-18H,4-7,10-13H2,1-2H3;2*4,7-8,11,15H,5-6,9-10H2,1-3H3;2*1H/p+5/i;;;;;2*1+1/hD3. The fourth-order valence-corrected chi connectivity index (χ4v) is 20.2. The van der Waals surface area contributed by atoms with Gasteiger partial charge >= 0.3 is 4.24 Å². The van der Waals surface area contributed by atoms with Crippen molar-refractivity contribution >= 4 is 0 Å². The minimum Gasteiger partial charge on any atom is -0.244 e. The van der Waals surface area contributed by atoms with E-state index in [2.05, 4.69) is 268 Å². The first kappa shape index (κ1) is 73.2. The molecule has 0 atom stereocenters. The molecule has 7 fully saturated rings. The lowest BCUT2D eigenvalue weighted by molar-refractivity contribution is -0.612. The van der Waals surface area contributed by atoms with E-state index in [-0.39, 0.29) is 2.85 Å². The van der Waals surface area contributed by atoms with E-state index in [4.69, 9.17) is 4.24 Å². The average Bonchev–Trinajstić information content (AvgIpc) is 1.53. The summed E-state index contributed by atoms with van der Waals surface area (Å²) in [6.45, 7) is 26.1. The van der Waals surface area contributed by atoms with E-state index in [9.17, 15) is 0 Å². The first-order valence-corrected chi connectivity index (χ1v) is 43.0. The molecule has 7 aliphatic rings. The predicted molar refractivity (Wildman–Crippen MR) is 451 cm³/mol. The van der Waals surface area contributed by atoms with E-state index >= 15 is 0 Å². The van der Waals surface area contributed by atoms with Crippen molar-refractivity contribution in [2.75, 3.05) is 0 Å². The van der Waals surface area contributed by atoms with Crippen LogP contribution < -0.4 is 22.8 Å². The third-order valence-corrected chi connectivity index (χ3v) is 26.6. The first-order chi connectivity index (χ1) is 54.4. The summed E-state index contributed by atoms with van der Waals surface area (Å²) >= 11 is 0. The molecule has 10 heteroatoms. The number of hydrogen-bond acceptors (Lipinski definition) is 0. The third kappa shape index (κ3) is 16.9. The molecule has 109 heavy (non-hydrogen) atoms. The van der Waals surface area contributed by atoms with E-state index in [0.717, 1.165) is 29.0 Å². The molecule has 7 aliphatic carbocycles. The van der Waals surface area contributed by atoms with Gasteiger partial charge in [-0.05, 0) is 183 Å². The van der Waals surface area contributed by atoms with Crippen molar-refractivity contribution in [1.29, 1.82) is 0 Å². The molecule has 0 bridgehead atoms. The van der Waals surface area contributed by atoms with Gasteiger partial charge in [-0.15, -0.1) is 0 Å². The second-order valence-corrected chi connectivity index (χ2v) is 33.9. The van der Waals surface area contributed by atoms with Crippen LogP contribution in [0.4, 0.5) is 0 Å². The van der Waals surface area contributed by atoms with Gasteiger partial charge < -0.3 is 0 Å². The second kappa shape index (κ2) is 35.6. The molecule has 5 aromatic heterocycles. The predicted octanol–water partition coefficient (Wildman–Crippen LogP) is 24.3. The molecule has 0 aliphatic heterocycles. The van der Waals surface area contributed by atoms with Crippen LogP contribution in [0, 0.1) is 83.1 Å². The molecule has 0 unspecified atom stereocenters. The van der Waals surface area contributed by atoms with Crippen molar-refractivity contribution < 1.29 is 29.9 Å². The quantitative estimate of drug-likeness (QED) is 0.0711. The van der Waals surface area contributed by atoms with Crippen molar-refractivity contribution in [3.8, 4) is 39.7 Å². The number of hydrogen-bond donors (Lipinski definition) is 5. The number of imidazole rings is 5. The van der Waals surface area contributed by atoms with Gasteiger partial charge in [0, 0.05) is 68.7 Å². The highest BCUT2D eigenvalue weighted by molar-refractivity contribution is 5.61. The normalized spacial score (nSPS) is 17.9. The van der Waals surface area contributed by atoms with Crippen LogP contribution in [0.5, 0.6) is 0 Å². The van der Waals surface area contributed by atoms with Gasteiger partial charge in [0.2, 0.25) is 0 Å². The van der Waals surface area contributed by atoms with Crippen LogP contribution in [0.2, 0.25) is 4.24 Å². The van der Waals surface area contributed by atoms with Gasteiger partial charge in [0.25, 0.3) is 29.1 Å². The Balaban J connectivity index is 0.000000132.